The van der Waals surface area contributed by atoms with Crippen molar-refractivity contribution in [1.82, 2.24) is 14.0 Å². The second-order valence-corrected chi connectivity index (χ2v) is 8.41. The lowest BCUT2D eigenvalue weighted by Gasteiger charge is -2.18. The van der Waals surface area contributed by atoms with E-state index in [0.717, 1.165) is 19.6 Å². The maximum Gasteiger partial charge on any atom is 0.354 e. The monoisotopic (exact) mass is 435 g/mol. The van der Waals surface area contributed by atoms with Gasteiger partial charge < -0.3 is 18.6 Å². The van der Waals surface area contributed by atoms with Gasteiger partial charge in [-0.1, -0.05) is 30.3 Å². The van der Waals surface area contributed by atoms with Crippen LogP contribution in [0.3, 0.4) is 0 Å². The molecule has 2 aromatic heterocycles. The lowest BCUT2D eigenvalue weighted by atomic mass is 9.98. The van der Waals surface area contributed by atoms with Crippen molar-refractivity contribution in [1.29, 1.82) is 0 Å². The highest BCUT2D eigenvalue weighted by molar-refractivity contribution is 5.88. The predicted molar refractivity (Wildman–Crippen MR) is 120 cm³/mol. The Balaban J connectivity index is 1.39. The number of hydrogen-bond donors (Lipinski definition) is 0. The molecule has 2 atom stereocenters. The fourth-order valence-electron chi connectivity index (χ4n) is 4.24. The first-order chi connectivity index (χ1) is 15.5. The number of nitrogens with zero attached hydrogens (tertiary/aromatic N) is 3. The summed E-state index contributed by atoms with van der Waals surface area (Å²) in [5.41, 5.74) is 2.28. The van der Waals surface area contributed by atoms with Gasteiger partial charge in [-0.3, -0.25) is 4.90 Å². The summed E-state index contributed by atoms with van der Waals surface area (Å²) < 4.78 is 14.8. The van der Waals surface area contributed by atoms with Gasteiger partial charge in [0.15, 0.2) is 0 Å². The molecule has 0 N–H and O–H groups in total. The van der Waals surface area contributed by atoms with Crippen LogP contribution < -0.4 is 0 Å². The average molecular weight is 436 g/mol. The quantitative estimate of drug-likeness (QED) is 0.509. The summed E-state index contributed by atoms with van der Waals surface area (Å²) in [4.78, 5) is 27.3. The third-order valence-corrected chi connectivity index (χ3v) is 6.06. The number of hydrogen-bond acceptors (Lipinski definition) is 5. The summed E-state index contributed by atoms with van der Waals surface area (Å²) in [6.07, 6.45) is 3.64. The van der Waals surface area contributed by atoms with Crippen molar-refractivity contribution in [3.05, 3.63) is 83.9 Å². The molecule has 2 unspecified atom stereocenters. The van der Waals surface area contributed by atoms with E-state index < -0.39 is 0 Å². The normalized spacial score (nSPS) is 18.6. The van der Waals surface area contributed by atoms with Gasteiger partial charge in [-0.25, -0.2) is 9.59 Å². The first-order valence-electron chi connectivity index (χ1n) is 10.8. The van der Waals surface area contributed by atoms with Gasteiger partial charge in [0.2, 0.25) is 0 Å². The third kappa shape index (κ3) is 5.11. The van der Waals surface area contributed by atoms with E-state index in [1.54, 1.807) is 21.3 Å². The first kappa shape index (κ1) is 21.9. The van der Waals surface area contributed by atoms with Crippen LogP contribution in [-0.2, 0) is 30.1 Å². The molecular formula is C25H29N3O4. The maximum absolute atomic E-state index is 12.5. The Kier molecular flexibility index (Phi) is 6.75. The Bertz CT molecular complexity index is 992. The number of carbonyl (C=O) groups is 2. The SMILES string of the molecule is Cn1cccc1C(=O)OCC1CN(Cc2ccccc2)CC1COC(=O)c1cccn1C. The zero-order valence-electron chi connectivity index (χ0n) is 18.5. The summed E-state index contributed by atoms with van der Waals surface area (Å²) in [6, 6.07) is 17.4. The molecule has 168 valence electrons. The zero-order valence-corrected chi connectivity index (χ0v) is 18.5. The molecule has 1 saturated heterocycles. The molecule has 1 aromatic carbocycles. The Morgan fingerprint density at radius 2 is 1.28 bits per heavy atom. The molecule has 0 aliphatic carbocycles. The molecule has 1 aliphatic heterocycles. The number of aryl methyl sites for hydroxylation is 2. The van der Waals surface area contributed by atoms with E-state index in [0.29, 0.717) is 24.6 Å². The molecule has 3 aromatic rings. The number of likely N-dealkylation sites (tertiary alicyclic amines) is 1. The first-order valence-corrected chi connectivity index (χ1v) is 10.8. The maximum atomic E-state index is 12.5. The Morgan fingerprint density at radius 3 is 1.72 bits per heavy atom. The number of esters is 2. The van der Waals surface area contributed by atoms with Crippen LogP contribution in [0.5, 0.6) is 0 Å². The summed E-state index contributed by atoms with van der Waals surface area (Å²) in [7, 11) is 3.64. The summed E-state index contributed by atoms with van der Waals surface area (Å²) in [5.74, 6) is -0.495. The van der Waals surface area contributed by atoms with Crippen molar-refractivity contribution in [2.24, 2.45) is 25.9 Å². The molecule has 1 fully saturated rings. The second-order valence-electron chi connectivity index (χ2n) is 8.41. The van der Waals surface area contributed by atoms with Gasteiger partial charge in [0.25, 0.3) is 0 Å². The summed E-state index contributed by atoms with van der Waals surface area (Å²) >= 11 is 0. The molecular weight excluding hydrogens is 406 g/mol. The van der Waals surface area contributed by atoms with E-state index in [4.69, 9.17) is 9.47 Å². The summed E-state index contributed by atoms with van der Waals surface area (Å²) in [6.45, 7) is 2.96. The van der Waals surface area contributed by atoms with Gasteiger partial charge >= 0.3 is 11.9 Å². The number of carbonyl (C=O) groups excluding carboxylic acids is 2. The Morgan fingerprint density at radius 1 is 0.781 bits per heavy atom. The van der Waals surface area contributed by atoms with Crippen LogP contribution in [0.2, 0.25) is 0 Å². The molecule has 7 nitrogen and oxygen atoms in total. The van der Waals surface area contributed by atoms with E-state index in [1.807, 2.05) is 56.8 Å². The van der Waals surface area contributed by atoms with Crippen molar-refractivity contribution >= 4 is 11.9 Å². The van der Waals surface area contributed by atoms with Gasteiger partial charge in [0, 0.05) is 58.0 Å². The molecule has 0 spiro atoms. The Labute approximate surface area is 188 Å². The fraction of sp³-hybridized carbons (Fsp3) is 0.360. The second kappa shape index (κ2) is 9.87. The van der Waals surface area contributed by atoms with Gasteiger partial charge in [0.05, 0.1) is 13.2 Å². The molecule has 3 heterocycles. The van der Waals surface area contributed by atoms with Gasteiger partial charge in [-0.2, -0.15) is 0 Å². The third-order valence-electron chi connectivity index (χ3n) is 6.06. The minimum Gasteiger partial charge on any atom is -0.461 e. The minimum absolute atomic E-state index is 0.0872. The van der Waals surface area contributed by atoms with Crippen molar-refractivity contribution < 1.29 is 19.1 Å². The number of rotatable bonds is 8. The minimum atomic E-state index is -0.335. The Hall–Kier alpha value is -3.32. The molecule has 0 amide bonds. The molecule has 4 rings (SSSR count). The highest BCUT2D eigenvalue weighted by Crippen LogP contribution is 2.26. The van der Waals surface area contributed by atoms with Crippen LogP contribution >= 0.6 is 0 Å². The standard InChI is InChI=1S/C25H29N3O4/c1-26-12-6-10-22(26)24(29)31-17-20-15-28(14-19-8-4-3-5-9-19)16-21(20)18-32-25(30)23-11-7-13-27(23)2/h3-13,20-21H,14-18H2,1-2H3. The van der Waals surface area contributed by atoms with Crippen molar-refractivity contribution in [2.45, 2.75) is 6.54 Å². The molecule has 1 aliphatic rings. The zero-order chi connectivity index (χ0) is 22.5. The van der Waals surface area contributed by atoms with Gasteiger partial charge in [0.1, 0.15) is 11.4 Å². The largest absolute Gasteiger partial charge is 0.461 e. The topological polar surface area (TPSA) is 65.7 Å². The van der Waals surface area contributed by atoms with E-state index in [-0.39, 0.29) is 23.8 Å². The van der Waals surface area contributed by atoms with Gasteiger partial charge in [-0.05, 0) is 29.8 Å². The van der Waals surface area contributed by atoms with Crippen LogP contribution in [-0.4, -0.2) is 52.3 Å². The molecule has 0 bridgehead atoms. The van der Waals surface area contributed by atoms with E-state index in [9.17, 15) is 9.59 Å². The van der Waals surface area contributed by atoms with E-state index in [1.165, 1.54) is 5.56 Å². The van der Waals surface area contributed by atoms with E-state index >= 15 is 0 Å². The van der Waals surface area contributed by atoms with Crippen LogP contribution in [0, 0.1) is 11.8 Å². The average Bonchev–Trinajstić information content (AvgIpc) is 3.51. The number of aromatic nitrogens is 2. The van der Waals surface area contributed by atoms with Crippen LogP contribution in [0.15, 0.2) is 67.0 Å². The lowest BCUT2D eigenvalue weighted by Crippen LogP contribution is -2.26. The molecule has 32 heavy (non-hydrogen) atoms. The molecule has 0 saturated carbocycles. The lowest BCUT2D eigenvalue weighted by molar-refractivity contribution is 0.0280. The molecule has 0 radical (unpaired) electrons. The summed E-state index contributed by atoms with van der Waals surface area (Å²) in [5, 5.41) is 0. The number of ether oxygens (including phenoxy) is 2. The van der Waals surface area contributed by atoms with Crippen molar-refractivity contribution in [2.75, 3.05) is 26.3 Å². The van der Waals surface area contributed by atoms with Crippen molar-refractivity contribution in [3.8, 4) is 0 Å². The van der Waals surface area contributed by atoms with Crippen molar-refractivity contribution in [3.63, 3.8) is 0 Å². The molecule has 7 heteroatoms. The fourth-order valence-corrected chi connectivity index (χ4v) is 4.24. The smallest absolute Gasteiger partial charge is 0.354 e. The highest BCUT2D eigenvalue weighted by atomic mass is 16.5. The highest BCUT2D eigenvalue weighted by Gasteiger charge is 2.35. The van der Waals surface area contributed by atoms with E-state index in [2.05, 4.69) is 17.0 Å². The van der Waals surface area contributed by atoms with Crippen LogP contribution in [0.25, 0.3) is 0 Å². The predicted octanol–water partition coefficient (Wildman–Crippen LogP) is 3.13. The van der Waals surface area contributed by atoms with Crippen LogP contribution in [0.4, 0.5) is 0 Å². The van der Waals surface area contributed by atoms with Crippen LogP contribution in [0.1, 0.15) is 26.5 Å². The van der Waals surface area contributed by atoms with Gasteiger partial charge in [-0.15, -0.1) is 0 Å². The number of benzene rings is 1.